The topological polar surface area (TPSA) is 24.9 Å². The number of aromatic nitrogens is 1. The molecule has 1 aromatic rings. The molecule has 0 fully saturated rings. The first-order valence-electron chi connectivity index (χ1n) is 4.93. The van der Waals surface area contributed by atoms with Crippen LogP contribution in [0.4, 0.5) is 0 Å². The van der Waals surface area contributed by atoms with Crippen LogP contribution >= 0.6 is 15.9 Å². The Bertz CT molecular complexity index is 251. The van der Waals surface area contributed by atoms with Gasteiger partial charge in [0.15, 0.2) is 0 Å². The molecule has 0 aliphatic rings. The molecule has 1 rings (SSSR count). The smallest absolute Gasteiger partial charge is 0.0541 e. The van der Waals surface area contributed by atoms with Crippen molar-refractivity contribution in [1.82, 2.24) is 10.3 Å². The van der Waals surface area contributed by atoms with Crippen LogP contribution in [-0.4, -0.2) is 16.4 Å². The third-order valence-corrected chi connectivity index (χ3v) is 3.45. The third kappa shape index (κ3) is 3.76. The van der Waals surface area contributed by atoms with Gasteiger partial charge < -0.3 is 5.32 Å². The highest BCUT2D eigenvalue weighted by molar-refractivity contribution is 9.09. The molecule has 14 heavy (non-hydrogen) atoms. The molecular formula is C11H17BrN2. The summed E-state index contributed by atoms with van der Waals surface area (Å²) < 4.78 is 0. The van der Waals surface area contributed by atoms with Crippen LogP contribution in [0.1, 0.15) is 19.5 Å². The fourth-order valence-electron chi connectivity index (χ4n) is 1.10. The van der Waals surface area contributed by atoms with Crippen molar-refractivity contribution in [3.8, 4) is 0 Å². The van der Waals surface area contributed by atoms with Gasteiger partial charge in [-0.3, -0.25) is 4.98 Å². The van der Waals surface area contributed by atoms with E-state index in [0.717, 1.165) is 17.6 Å². The normalized spacial score (nSPS) is 15.1. The predicted molar refractivity (Wildman–Crippen MR) is 63.5 cm³/mol. The zero-order chi connectivity index (χ0) is 10.4. The monoisotopic (exact) mass is 256 g/mol. The third-order valence-electron chi connectivity index (χ3n) is 2.43. The first-order valence-corrected chi connectivity index (χ1v) is 6.05. The SMILES string of the molecule is CC(CBr)C(C)NCc1ccccn1. The minimum Gasteiger partial charge on any atom is -0.308 e. The molecular weight excluding hydrogens is 240 g/mol. The number of rotatable bonds is 5. The summed E-state index contributed by atoms with van der Waals surface area (Å²) in [5.41, 5.74) is 1.10. The molecule has 0 amide bonds. The molecule has 1 heterocycles. The van der Waals surface area contributed by atoms with Crippen molar-refractivity contribution in [2.24, 2.45) is 5.92 Å². The van der Waals surface area contributed by atoms with Crippen molar-refractivity contribution in [3.63, 3.8) is 0 Å². The van der Waals surface area contributed by atoms with E-state index >= 15 is 0 Å². The highest BCUT2D eigenvalue weighted by atomic mass is 79.9. The van der Waals surface area contributed by atoms with Gasteiger partial charge in [0, 0.05) is 24.1 Å². The molecule has 0 aliphatic carbocycles. The Morgan fingerprint density at radius 2 is 2.21 bits per heavy atom. The van der Waals surface area contributed by atoms with Gasteiger partial charge in [0.2, 0.25) is 0 Å². The van der Waals surface area contributed by atoms with Crippen molar-refractivity contribution in [3.05, 3.63) is 30.1 Å². The molecule has 1 aromatic heterocycles. The van der Waals surface area contributed by atoms with E-state index in [9.17, 15) is 0 Å². The molecule has 0 radical (unpaired) electrons. The van der Waals surface area contributed by atoms with Gasteiger partial charge in [-0.15, -0.1) is 0 Å². The maximum atomic E-state index is 4.26. The van der Waals surface area contributed by atoms with Crippen LogP contribution in [0.2, 0.25) is 0 Å². The van der Waals surface area contributed by atoms with E-state index in [2.05, 4.69) is 40.1 Å². The van der Waals surface area contributed by atoms with Gasteiger partial charge in [0.1, 0.15) is 0 Å². The molecule has 3 heteroatoms. The quantitative estimate of drug-likeness (QED) is 0.820. The number of halogens is 1. The Hall–Kier alpha value is -0.410. The average Bonchev–Trinajstić information content (AvgIpc) is 2.26. The second-order valence-corrected chi connectivity index (χ2v) is 4.27. The lowest BCUT2D eigenvalue weighted by molar-refractivity contribution is 0.431. The van der Waals surface area contributed by atoms with E-state index in [1.807, 2.05) is 24.4 Å². The van der Waals surface area contributed by atoms with Crippen molar-refractivity contribution >= 4 is 15.9 Å². The van der Waals surface area contributed by atoms with Gasteiger partial charge in [-0.2, -0.15) is 0 Å². The molecule has 2 atom stereocenters. The Kier molecular flexibility index (Phi) is 5.12. The summed E-state index contributed by atoms with van der Waals surface area (Å²) >= 11 is 3.49. The molecule has 0 bridgehead atoms. The summed E-state index contributed by atoms with van der Waals surface area (Å²) in [5.74, 6) is 0.638. The Morgan fingerprint density at radius 1 is 1.43 bits per heavy atom. The van der Waals surface area contributed by atoms with E-state index in [4.69, 9.17) is 0 Å². The molecule has 0 aliphatic heterocycles. The molecule has 2 nitrogen and oxygen atoms in total. The Morgan fingerprint density at radius 3 is 2.79 bits per heavy atom. The summed E-state index contributed by atoms with van der Waals surface area (Å²) in [5, 5.41) is 4.49. The number of nitrogens with one attached hydrogen (secondary N) is 1. The first kappa shape index (κ1) is 11.7. The van der Waals surface area contributed by atoms with Crippen LogP contribution in [0.5, 0.6) is 0 Å². The lowest BCUT2D eigenvalue weighted by atomic mass is 10.1. The molecule has 0 aromatic carbocycles. The lowest BCUT2D eigenvalue weighted by Gasteiger charge is -2.18. The highest BCUT2D eigenvalue weighted by Crippen LogP contribution is 2.06. The van der Waals surface area contributed by atoms with Gasteiger partial charge in [-0.05, 0) is 25.0 Å². The zero-order valence-electron chi connectivity index (χ0n) is 8.70. The largest absolute Gasteiger partial charge is 0.308 e. The zero-order valence-corrected chi connectivity index (χ0v) is 10.3. The number of alkyl halides is 1. The van der Waals surface area contributed by atoms with Gasteiger partial charge in [-0.1, -0.05) is 28.9 Å². The van der Waals surface area contributed by atoms with Crippen molar-refractivity contribution in [2.45, 2.75) is 26.4 Å². The minimum atomic E-state index is 0.511. The van der Waals surface area contributed by atoms with Crippen LogP contribution in [-0.2, 0) is 6.54 Å². The number of hydrogen-bond donors (Lipinski definition) is 1. The van der Waals surface area contributed by atoms with E-state index in [1.165, 1.54) is 0 Å². The second kappa shape index (κ2) is 6.14. The number of pyridine rings is 1. The maximum absolute atomic E-state index is 4.26. The molecule has 0 saturated heterocycles. The second-order valence-electron chi connectivity index (χ2n) is 3.62. The standard InChI is InChI=1S/C11H17BrN2/c1-9(7-12)10(2)14-8-11-5-3-4-6-13-11/h3-6,9-10,14H,7-8H2,1-2H3. The van der Waals surface area contributed by atoms with Crippen LogP contribution in [0.25, 0.3) is 0 Å². The fraction of sp³-hybridized carbons (Fsp3) is 0.545. The van der Waals surface area contributed by atoms with E-state index in [0.29, 0.717) is 12.0 Å². The molecule has 1 N–H and O–H groups in total. The molecule has 78 valence electrons. The van der Waals surface area contributed by atoms with E-state index < -0.39 is 0 Å². The number of nitrogens with zero attached hydrogens (tertiary/aromatic N) is 1. The summed E-state index contributed by atoms with van der Waals surface area (Å²) in [6.45, 7) is 5.28. The van der Waals surface area contributed by atoms with Gasteiger partial charge in [-0.25, -0.2) is 0 Å². The number of hydrogen-bond acceptors (Lipinski definition) is 2. The Labute approximate surface area is 94.3 Å². The van der Waals surface area contributed by atoms with Gasteiger partial charge in [0.25, 0.3) is 0 Å². The van der Waals surface area contributed by atoms with Gasteiger partial charge in [0.05, 0.1) is 5.69 Å². The van der Waals surface area contributed by atoms with Crippen molar-refractivity contribution < 1.29 is 0 Å². The molecule has 0 saturated carbocycles. The summed E-state index contributed by atoms with van der Waals surface area (Å²) in [4.78, 5) is 4.26. The molecule has 0 spiro atoms. The van der Waals surface area contributed by atoms with Crippen molar-refractivity contribution in [2.75, 3.05) is 5.33 Å². The van der Waals surface area contributed by atoms with Crippen LogP contribution in [0.3, 0.4) is 0 Å². The maximum Gasteiger partial charge on any atom is 0.0541 e. The van der Waals surface area contributed by atoms with Gasteiger partial charge >= 0.3 is 0 Å². The fourth-order valence-corrected chi connectivity index (χ4v) is 1.66. The first-order chi connectivity index (χ1) is 6.74. The lowest BCUT2D eigenvalue weighted by Crippen LogP contribution is -2.32. The van der Waals surface area contributed by atoms with Crippen molar-refractivity contribution in [1.29, 1.82) is 0 Å². The Balaban J connectivity index is 2.34. The highest BCUT2D eigenvalue weighted by Gasteiger charge is 2.09. The van der Waals surface area contributed by atoms with E-state index in [1.54, 1.807) is 0 Å². The summed E-state index contributed by atoms with van der Waals surface area (Å²) in [7, 11) is 0. The average molecular weight is 257 g/mol. The summed E-state index contributed by atoms with van der Waals surface area (Å²) in [6.07, 6.45) is 1.83. The minimum absolute atomic E-state index is 0.511. The van der Waals surface area contributed by atoms with Crippen LogP contribution in [0, 0.1) is 5.92 Å². The van der Waals surface area contributed by atoms with E-state index in [-0.39, 0.29) is 0 Å². The van der Waals surface area contributed by atoms with Crippen LogP contribution in [0.15, 0.2) is 24.4 Å². The van der Waals surface area contributed by atoms with Crippen LogP contribution < -0.4 is 5.32 Å². The molecule has 2 unspecified atom stereocenters. The predicted octanol–water partition coefficient (Wildman–Crippen LogP) is 2.59. The summed E-state index contributed by atoms with van der Waals surface area (Å²) in [6, 6.07) is 6.51.